The molecule has 0 aliphatic rings. The van der Waals surface area contributed by atoms with Crippen molar-refractivity contribution >= 4 is 17.3 Å². The number of thiophene rings is 1. The van der Waals surface area contributed by atoms with Gasteiger partial charge in [0, 0.05) is 15.8 Å². The zero-order valence-electron chi connectivity index (χ0n) is 11.6. The predicted octanol–water partition coefficient (Wildman–Crippen LogP) is 3.60. The first-order chi connectivity index (χ1) is 8.42. The fraction of sp³-hybridized carbons (Fsp3) is 0.643. The number of nitrogens with one attached hydrogen (secondary N) is 1. The van der Waals surface area contributed by atoms with E-state index in [4.69, 9.17) is 0 Å². The molecule has 0 aliphatic heterocycles. The smallest absolute Gasteiger partial charge is 0.323 e. The number of hydrogen-bond donors (Lipinski definition) is 2. The van der Waals surface area contributed by atoms with E-state index in [2.05, 4.69) is 24.4 Å². The Morgan fingerprint density at radius 3 is 2.61 bits per heavy atom. The fourth-order valence-electron chi connectivity index (χ4n) is 2.11. The molecule has 2 N–H and O–H groups in total. The van der Waals surface area contributed by atoms with Gasteiger partial charge in [-0.05, 0) is 38.8 Å². The van der Waals surface area contributed by atoms with Crippen molar-refractivity contribution in [1.82, 2.24) is 5.32 Å². The van der Waals surface area contributed by atoms with Crippen molar-refractivity contribution in [3.8, 4) is 0 Å². The summed E-state index contributed by atoms with van der Waals surface area (Å²) in [5, 5.41) is 12.6. The molecular formula is C14H23NO2S. The number of aliphatic carboxylic acids is 1. The van der Waals surface area contributed by atoms with E-state index in [9.17, 15) is 9.90 Å². The van der Waals surface area contributed by atoms with E-state index in [-0.39, 0.29) is 6.04 Å². The minimum Gasteiger partial charge on any atom is -0.480 e. The molecule has 0 spiro atoms. The predicted molar refractivity (Wildman–Crippen MR) is 76.2 cm³/mol. The van der Waals surface area contributed by atoms with Crippen LogP contribution < -0.4 is 5.32 Å². The quantitative estimate of drug-likeness (QED) is 0.795. The van der Waals surface area contributed by atoms with Crippen LogP contribution in [0.25, 0.3) is 0 Å². The first-order valence-corrected chi connectivity index (χ1v) is 7.34. The molecule has 0 radical (unpaired) electrons. The van der Waals surface area contributed by atoms with Crippen molar-refractivity contribution in [1.29, 1.82) is 0 Å². The second kappa shape index (κ2) is 6.34. The van der Waals surface area contributed by atoms with Crippen LogP contribution in [0.15, 0.2) is 12.1 Å². The van der Waals surface area contributed by atoms with Crippen LogP contribution in [0.1, 0.15) is 56.3 Å². The van der Waals surface area contributed by atoms with E-state index in [1.54, 1.807) is 18.3 Å². The van der Waals surface area contributed by atoms with Crippen LogP contribution in [-0.2, 0) is 11.2 Å². The number of hydrogen-bond acceptors (Lipinski definition) is 3. The third-order valence-electron chi connectivity index (χ3n) is 3.21. The summed E-state index contributed by atoms with van der Waals surface area (Å²) in [6.07, 6.45) is 2.52. The summed E-state index contributed by atoms with van der Waals surface area (Å²) in [6.45, 7) is 7.94. The van der Waals surface area contributed by atoms with Gasteiger partial charge >= 0.3 is 5.97 Å². The maximum atomic E-state index is 11.4. The molecule has 0 fully saturated rings. The Balaban J connectivity index is 2.78. The maximum absolute atomic E-state index is 11.4. The lowest BCUT2D eigenvalue weighted by atomic mass is 9.95. The molecule has 3 nitrogen and oxygen atoms in total. The molecule has 0 amide bonds. The van der Waals surface area contributed by atoms with E-state index in [0.717, 1.165) is 12.8 Å². The molecule has 0 saturated heterocycles. The molecule has 0 aliphatic carbocycles. The first-order valence-electron chi connectivity index (χ1n) is 6.52. The van der Waals surface area contributed by atoms with E-state index in [1.165, 1.54) is 9.75 Å². The second-order valence-electron chi connectivity index (χ2n) is 4.91. The van der Waals surface area contributed by atoms with Crippen molar-refractivity contribution < 1.29 is 9.90 Å². The van der Waals surface area contributed by atoms with E-state index in [1.807, 2.05) is 13.8 Å². The fourth-order valence-corrected chi connectivity index (χ4v) is 3.06. The standard InChI is InChI=1S/C14H23NO2S/c1-5-9-14(4,13(16)17)15-10(3)12-8-7-11(6-2)18-12/h7-8,10,15H,5-6,9H2,1-4H3,(H,16,17). The summed E-state index contributed by atoms with van der Waals surface area (Å²) >= 11 is 1.76. The maximum Gasteiger partial charge on any atom is 0.323 e. The molecule has 1 rings (SSSR count). The van der Waals surface area contributed by atoms with Gasteiger partial charge in [-0.25, -0.2) is 0 Å². The number of carboxylic acids is 1. The summed E-state index contributed by atoms with van der Waals surface area (Å²) in [5.74, 6) is -0.775. The molecular weight excluding hydrogens is 246 g/mol. The number of carbonyl (C=O) groups is 1. The summed E-state index contributed by atoms with van der Waals surface area (Å²) < 4.78 is 0. The van der Waals surface area contributed by atoms with Gasteiger partial charge in [-0.2, -0.15) is 0 Å². The van der Waals surface area contributed by atoms with Crippen LogP contribution in [0.3, 0.4) is 0 Å². The summed E-state index contributed by atoms with van der Waals surface area (Å²) in [6, 6.07) is 4.29. The van der Waals surface area contributed by atoms with Crippen molar-refractivity contribution in [2.75, 3.05) is 0 Å². The Kier molecular flexibility index (Phi) is 5.35. The molecule has 1 aromatic heterocycles. The van der Waals surface area contributed by atoms with Gasteiger partial charge in [0.15, 0.2) is 0 Å². The number of aryl methyl sites for hydroxylation is 1. The van der Waals surface area contributed by atoms with Crippen molar-refractivity contribution in [3.63, 3.8) is 0 Å². The average molecular weight is 269 g/mol. The molecule has 0 bridgehead atoms. The van der Waals surface area contributed by atoms with Gasteiger partial charge in [-0.15, -0.1) is 11.3 Å². The monoisotopic (exact) mass is 269 g/mol. The van der Waals surface area contributed by atoms with Crippen molar-refractivity contribution in [3.05, 3.63) is 21.9 Å². The molecule has 2 atom stereocenters. The van der Waals surface area contributed by atoms with Crippen LogP contribution in [0.2, 0.25) is 0 Å². The van der Waals surface area contributed by atoms with Crippen LogP contribution in [0, 0.1) is 0 Å². The molecule has 4 heteroatoms. The van der Waals surface area contributed by atoms with Crippen LogP contribution in [-0.4, -0.2) is 16.6 Å². The first kappa shape index (κ1) is 15.2. The van der Waals surface area contributed by atoms with Crippen molar-refractivity contribution in [2.24, 2.45) is 0 Å². The van der Waals surface area contributed by atoms with Gasteiger partial charge < -0.3 is 5.11 Å². The Bertz CT molecular complexity index is 402. The lowest BCUT2D eigenvalue weighted by Crippen LogP contribution is -2.50. The molecule has 2 unspecified atom stereocenters. The highest BCUT2D eigenvalue weighted by Crippen LogP contribution is 2.26. The number of carboxylic acid groups (broad SMARTS) is 1. The minimum atomic E-state index is -0.843. The normalized spacial score (nSPS) is 16.2. The lowest BCUT2D eigenvalue weighted by molar-refractivity contribution is -0.144. The Labute approximate surface area is 113 Å². The van der Waals surface area contributed by atoms with Gasteiger partial charge in [0.05, 0.1) is 0 Å². The van der Waals surface area contributed by atoms with Gasteiger partial charge in [-0.1, -0.05) is 20.3 Å². The Morgan fingerprint density at radius 1 is 1.50 bits per heavy atom. The molecule has 18 heavy (non-hydrogen) atoms. The molecule has 1 heterocycles. The summed E-state index contributed by atoms with van der Waals surface area (Å²) in [4.78, 5) is 13.9. The Hall–Kier alpha value is -0.870. The van der Waals surface area contributed by atoms with Gasteiger partial charge in [0.1, 0.15) is 5.54 Å². The van der Waals surface area contributed by atoms with Crippen LogP contribution in [0.4, 0.5) is 0 Å². The average Bonchev–Trinajstić information content (AvgIpc) is 2.77. The molecule has 0 aromatic carbocycles. The van der Waals surface area contributed by atoms with Gasteiger partial charge in [0.2, 0.25) is 0 Å². The van der Waals surface area contributed by atoms with Crippen LogP contribution in [0.5, 0.6) is 0 Å². The molecule has 1 aromatic rings. The van der Waals surface area contributed by atoms with Gasteiger partial charge in [0.25, 0.3) is 0 Å². The van der Waals surface area contributed by atoms with Crippen LogP contribution >= 0.6 is 11.3 Å². The van der Waals surface area contributed by atoms with Gasteiger partial charge in [-0.3, -0.25) is 10.1 Å². The summed E-state index contributed by atoms with van der Waals surface area (Å²) in [7, 11) is 0. The highest BCUT2D eigenvalue weighted by molar-refractivity contribution is 7.12. The largest absolute Gasteiger partial charge is 0.480 e. The van der Waals surface area contributed by atoms with E-state index < -0.39 is 11.5 Å². The zero-order valence-corrected chi connectivity index (χ0v) is 12.4. The third-order valence-corrected chi connectivity index (χ3v) is 4.63. The molecule has 102 valence electrons. The lowest BCUT2D eigenvalue weighted by Gasteiger charge is -2.29. The van der Waals surface area contributed by atoms with E-state index >= 15 is 0 Å². The minimum absolute atomic E-state index is 0.0722. The molecule has 0 saturated carbocycles. The third kappa shape index (κ3) is 3.56. The van der Waals surface area contributed by atoms with Crippen molar-refractivity contribution in [2.45, 2.75) is 58.5 Å². The highest BCUT2D eigenvalue weighted by atomic mass is 32.1. The zero-order chi connectivity index (χ0) is 13.8. The topological polar surface area (TPSA) is 49.3 Å². The summed E-state index contributed by atoms with van der Waals surface area (Å²) in [5.41, 5.74) is -0.843. The highest BCUT2D eigenvalue weighted by Gasteiger charge is 2.33. The second-order valence-corrected chi connectivity index (χ2v) is 6.11. The Morgan fingerprint density at radius 2 is 2.17 bits per heavy atom. The number of rotatable bonds is 7. The van der Waals surface area contributed by atoms with E-state index in [0.29, 0.717) is 6.42 Å². The SMILES string of the molecule is CCCC(C)(NC(C)c1ccc(CC)s1)C(=O)O.